The zero-order chi connectivity index (χ0) is 14.7. The van der Waals surface area contributed by atoms with Gasteiger partial charge in [-0.15, -0.1) is 0 Å². The van der Waals surface area contributed by atoms with Gasteiger partial charge in [-0.25, -0.2) is 0 Å². The molecule has 1 aliphatic heterocycles. The van der Waals surface area contributed by atoms with Crippen LogP contribution in [-0.4, -0.2) is 12.6 Å². The predicted molar refractivity (Wildman–Crippen MR) is 89.4 cm³/mol. The Morgan fingerprint density at radius 3 is 2.52 bits per heavy atom. The summed E-state index contributed by atoms with van der Waals surface area (Å²) in [6.07, 6.45) is 0. The van der Waals surface area contributed by atoms with Gasteiger partial charge in [0.05, 0.1) is 0 Å². The van der Waals surface area contributed by atoms with Crippen molar-refractivity contribution in [1.82, 2.24) is 5.32 Å². The fourth-order valence-electron chi connectivity index (χ4n) is 3.01. The number of nitrogens with one attached hydrogen (secondary N) is 1. The summed E-state index contributed by atoms with van der Waals surface area (Å²) in [6, 6.07) is 20.1. The molecule has 0 saturated heterocycles. The van der Waals surface area contributed by atoms with Gasteiger partial charge in [0, 0.05) is 31.4 Å². The largest absolute Gasteiger partial charge is 0.365 e. The maximum absolute atomic E-state index is 3.71. The van der Waals surface area contributed by atoms with Gasteiger partial charge in [0.15, 0.2) is 0 Å². The minimum atomic E-state index is 0.529. The van der Waals surface area contributed by atoms with Crippen molar-refractivity contribution in [3.05, 3.63) is 65.7 Å². The van der Waals surface area contributed by atoms with E-state index < -0.39 is 0 Å². The average Bonchev–Trinajstić information content (AvgIpc) is 2.69. The zero-order valence-electron chi connectivity index (χ0n) is 12.9. The first-order chi connectivity index (χ1) is 10.2. The normalized spacial score (nSPS) is 18.4. The molecule has 3 rings (SSSR count). The molecule has 0 bridgehead atoms. The van der Waals surface area contributed by atoms with Gasteiger partial charge >= 0.3 is 0 Å². The summed E-state index contributed by atoms with van der Waals surface area (Å²) in [5.74, 6) is 0.637. The highest BCUT2D eigenvalue weighted by Crippen LogP contribution is 2.26. The molecule has 0 amide bonds. The van der Waals surface area contributed by atoms with E-state index in [0.717, 1.165) is 19.6 Å². The second-order valence-corrected chi connectivity index (χ2v) is 6.23. The Labute approximate surface area is 127 Å². The standard InChI is InChI=1S/C19H24N2/c1-15(2)18-14-21(13-16-8-4-3-5-9-16)19-11-7-6-10-17(19)12-20-18/h3-11,15,18,20H,12-14H2,1-2H3. The number of anilines is 1. The lowest BCUT2D eigenvalue weighted by molar-refractivity contribution is 0.403. The third kappa shape index (κ3) is 3.27. The second kappa shape index (κ2) is 6.31. The third-order valence-corrected chi connectivity index (χ3v) is 4.33. The topological polar surface area (TPSA) is 15.3 Å². The number of benzene rings is 2. The van der Waals surface area contributed by atoms with Crippen molar-refractivity contribution in [3.8, 4) is 0 Å². The van der Waals surface area contributed by atoms with Crippen LogP contribution < -0.4 is 10.2 Å². The van der Waals surface area contributed by atoms with Crippen molar-refractivity contribution < 1.29 is 0 Å². The lowest BCUT2D eigenvalue weighted by Gasteiger charge is -2.29. The molecule has 0 radical (unpaired) electrons. The Morgan fingerprint density at radius 2 is 1.76 bits per heavy atom. The molecule has 2 aromatic rings. The molecule has 2 heteroatoms. The Morgan fingerprint density at radius 1 is 1.05 bits per heavy atom. The van der Waals surface area contributed by atoms with Gasteiger partial charge in [-0.05, 0) is 23.1 Å². The van der Waals surface area contributed by atoms with E-state index in [-0.39, 0.29) is 0 Å². The van der Waals surface area contributed by atoms with Gasteiger partial charge in [-0.1, -0.05) is 62.4 Å². The van der Waals surface area contributed by atoms with E-state index in [0.29, 0.717) is 12.0 Å². The van der Waals surface area contributed by atoms with Gasteiger partial charge in [0.1, 0.15) is 0 Å². The highest BCUT2D eigenvalue weighted by Gasteiger charge is 2.23. The van der Waals surface area contributed by atoms with Crippen LogP contribution in [0.2, 0.25) is 0 Å². The lowest BCUT2D eigenvalue weighted by atomic mass is 10.0. The first-order valence-corrected chi connectivity index (χ1v) is 7.84. The van der Waals surface area contributed by atoms with Gasteiger partial charge < -0.3 is 10.2 Å². The van der Waals surface area contributed by atoms with Crippen molar-refractivity contribution in [2.24, 2.45) is 5.92 Å². The molecule has 0 aromatic heterocycles. The summed E-state index contributed by atoms with van der Waals surface area (Å²) in [5.41, 5.74) is 4.14. The van der Waals surface area contributed by atoms with Crippen LogP contribution >= 0.6 is 0 Å². The lowest BCUT2D eigenvalue weighted by Crippen LogP contribution is -2.41. The first-order valence-electron chi connectivity index (χ1n) is 7.84. The van der Waals surface area contributed by atoms with Crippen LogP contribution in [-0.2, 0) is 13.1 Å². The number of hydrogen-bond acceptors (Lipinski definition) is 2. The highest BCUT2D eigenvalue weighted by atomic mass is 15.2. The number of hydrogen-bond donors (Lipinski definition) is 1. The van der Waals surface area contributed by atoms with Gasteiger partial charge in [-0.3, -0.25) is 0 Å². The van der Waals surface area contributed by atoms with Crippen molar-refractivity contribution in [3.63, 3.8) is 0 Å². The summed E-state index contributed by atoms with van der Waals surface area (Å²) in [7, 11) is 0. The molecule has 0 aliphatic carbocycles. The molecule has 110 valence electrons. The molecular weight excluding hydrogens is 256 g/mol. The van der Waals surface area contributed by atoms with E-state index in [1.54, 1.807) is 0 Å². The van der Waals surface area contributed by atoms with Crippen molar-refractivity contribution >= 4 is 5.69 Å². The van der Waals surface area contributed by atoms with Crippen LogP contribution in [0.15, 0.2) is 54.6 Å². The highest BCUT2D eigenvalue weighted by molar-refractivity contribution is 5.55. The van der Waals surface area contributed by atoms with Crippen molar-refractivity contribution in [2.75, 3.05) is 11.4 Å². The Bertz CT molecular complexity index is 577. The summed E-state index contributed by atoms with van der Waals surface area (Å²) in [5, 5.41) is 3.71. The van der Waals surface area contributed by atoms with Crippen LogP contribution in [0, 0.1) is 5.92 Å². The van der Waals surface area contributed by atoms with Crippen molar-refractivity contribution in [2.45, 2.75) is 33.0 Å². The molecule has 2 aromatic carbocycles. The monoisotopic (exact) mass is 280 g/mol. The molecule has 1 atom stereocenters. The number of para-hydroxylation sites is 1. The number of rotatable bonds is 3. The minimum Gasteiger partial charge on any atom is -0.365 e. The van der Waals surface area contributed by atoms with Crippen LogP contribution in [0.4, 0.5) is 5.69 Å². The third-order valence-electron chi connectivity index (χ3n) is 4.33. The SMILES string of the molecule is CC(C)C1CN(Cc2ccccc2)c2ccccc2CN1. The predicted octanol–water partition coefficient (Wildman–Crippen LogP) is 3.82. The zero-order valence-corrected chi connectivity index (χ0v) is 12.9. The van der Waals surface area contributed by atoms with Crippen LogP contribution in [0.1, 0.15) is 25.0 Å². The number of fused-ring (bicyclic) bond motifs is 1. The average molecular weight is 280 g/mol. The molecule has 21 heavy (non-hydrogen) atoms. The molecule has 1 heterocycles. The molecule has 1 unspecified atom stereocenters. The number of nitrogens with zero attached hydrogens (tertiary/aromatic N) is 1. The molecule has 1 aliphatic rings. The molecular formula is C19H24N2. The quantitative estimate of drug-likeness (QED) is 0.919. The Balaban J connectivity index is 1.90. The molecule has 0 fully saturated rings. The molecule has 2 nitrogen and oxygen atoms in total. The fraction of sp³-hybridized carbons (Fsp3) is 0.368. The minimum absolute atomic E-state index is 0.529. The Hall–Kier alpha value is -1.80. The Kier molecular flexibility index (Phi) is 4.26. The van der Waals surface area contributed by atoms with E-state index in [1.165, 1.54) is 16.8 Å². The van der Waals surface area contributed by atoms with Gasteiger partial charge in [0.25, 0.3) is 0 Å². The fourth-order valence-corrected chi connectivity index (χ4v) is 3.01. The van der Waals surface area contributed by atoms with Crippen LogP contribution in [0.5, 0.6) is 0 Å². The molecule has 1 N–H and O–H groups in total. The van der Waals surface area contributed by atoms with E-state index in [1.807, 2.05) is 0 Å². The van der Waals surface area contributed by atoms with Crippen LogP contribution in [0.3, 0.4) is 0 Å². The first kappa shape index (κ1) is 14.2. The summed E-state index contributed by atoms with van der Waals surface area (Å²) in [6.45, 7) is 7.60. The smallest absolute Gasteiger partial charge is 0.0430 e. The summed E-state index contributed by atoms with van der Waals surface area (Å²) >= 11 is 0. The summed E-state index contributed by atoms with van der Waals surface area (Å²) in [4.78, 5) is 2.52. The maximum atomic E-state index is 3.71. The van der Waals surface area contributed by atoms with Gasteiger partial charge in [0.2, 0.25) is 0 Å². The van der Waals surface area contributed by atoms with Crippen LogP contribution in [0.25, 0.3) is 0 Å². The molecule has 0 spiro atoms. The summed E-state index contributed by atoms with van der Waals surface area (Å²) < 4.78 is 0. The molecule has 0 saturated carbocycles. The van der Waals surface area contributed by atoms with Crippen molar-refractivity contribution in [1.29, 1.82) is 0 Å². The van der Waals surface area contributed by atoms with Gasteiger partial charge in [-0.2, -0.15) is 0 Å². The second-order valence-electron chi connectivity index (χ2n) is 6.23. The maximum Gasteiger partial charge on any atom is 0.0430 e. The van der Waals surface area contributed by atoms with E-state index in [2.05, 4.69) is 78.7 Å². The van der Waals surface area contributed by atoms with E-state index >= 15 is 0 Å². The van der Waals surface area contributed by atoms with E-state index in [4.69, 9.17) is 0 Å². The van der Waals surface area contributed by atoms with E-state index in [9.17, 15) is 0 Å².